The second kappa shape index (κ2) is 36.3. The zero-order valence-corrected chi connectivity index (χ0v) is 71.9. The van der Waals surface area contributed by atoms with Crippen molar-refractivity contribution in [1.82, 2.24) is 39.9 Å². The molecule has 0 aliphatic rings. The molecular weight excluding hydrogens is 1600 g/mol. The molecule has 8 nitrogen and oxygen atoms in total. The fourth-order valence-corrected chi connectivity index (χ4v) is 18.3. The number of rotatable bonds is 15. The quantitative estimate of drug-likeness (QED) is 0.1000. The predicted octanol–water partition coefficient (Wildman–Crippen LogP) is 32.1. The van der Waals surface area contributed by atoms with Crippen molar-refractivity contribution in [3.05, 3.63) is 499 Å². The van der Waals surface area contributed by atoms with Crippen molar-refractivity contribution < 1.29 is 0 Å². The first-order valence-corrected chi connectivity index (χ1v) is 44.4. The van der Waals surface area contributed by atoms with E-state index in [9.17, 15) is 0 Å². The lowest BCUT2D eigenvalue weighted by molar-refractivity contribution is 1.32. The van der Waals surface area contributed by atoms with Gasteiger partial charge in [-0.2, -0.15) is 0 Å². The van der Waals surface area contributed by atoms with Crippen LogP contribution in [0, 0.1) is 0 Å². The van der Waals surface area contributed by atoms with E-state index in [1.807, 2.05) is 74.0 Å². The minimum atomic E-state index is 0.933. The van der Waals surface area contributed by atoms with E-state index in [0.29, 0.717) is 0 Å². The minimum absolute atomic E-state index is 0.933. The molecule has 8 heterocycles. The minimum Gasteiger partial charge on any atom is -0.265 e. The first-order chi connectivity index (χ1) is 65.4. The highest BCUT2D eigenvalue weighted by molar-refractivity contribution is 6.05. The summed E-state index contributed by atoms with van der Waals surface area (Å²) in [6.07, 6.45) is 16.7. The van der Waals surface area contributed by atoms with Crippen LogP contribution in [0.2, 0.25) is 0 Å². The Balaban J connectivity index is 0.000000116. The van der Waals surface area contributed by atoms with Gasteiger partial charge in [0.15, 0.2) is 0 Å². The summed E-state index contributed by atoms with van der Waals surface area (Å²) in [7, 11) is 0. The highest BCUT2D eigenvalue weighted by Gasteiger charge is 2.21. The summed E-state index contributed by atoms with van der Waals surface area (Å²) in [6.45, 7) is 0. The molecule has 8 heteroatoms. The van der Waals surface area contributed by atoms with E-state index in [0.717, 1.165) is 157 Å². The summed E-state index contributed by atoms with van der Waals surface area (Å²) < 4.78 is 0. The molecule has 0 spiro atoms. The van der Waals surface area contributed by atoms with E-state index >= 15 is 0 Å². The summed E-state index contributed by atoms with van der Waals surface area (Å²) in [4.78, 5) is 37.9. The fraction of sp³-hybridized carbons (Fsp3) is 0. The first kappa shape index (κ1) is 80.1. The SMILES string of the molecule is c1ccc(-c2cc(-c3ccncc3)cc(-c3cc(-c4cccc5ccccc45)nc(-c4cccc5ccccc45)c3)c2)cc1.c1ccc(-c2cc(-c3ccncc3)cc(-c3cc(-c4cccc5ccccc45)nc(-c4cccc5ccccc45)c3)c2)nc1.c1cncc(-c2cc(-c3ccncc3)cc(-c3cc(-c4cccc5ccccc45)nc(-c4cccc5ccccc45)c3)c2)c1. The van der Waals surface area contributed by atoms with Gasteiger partial charge in [-0.15, -0.1) is 0 Å². The maximum Gasteiger partial charge on any atom is 0.0721 e. The van der Waals surface area contributed by atoms with Gasteiger partial charge in [0.05, 0.1) is 39.9 Å². The van der Waals surface area contributed by atoms with Crippen molar-refractivity contribution in [2.24, 2.45) is 0 Å². The molecule has 0 atom stereocenters. The molecule has 0 bridgehead atoms. The molecule has 16 aromatic carbocycles. The summed E-state index contributed by atoms with van der Waals surface area (Å²) in [6, 6.07) is 157. The lowest BCUT2D eigenvalue weighted by atomic mass is 9.91. The molecule has 0 aliphatic heterocycles. The van der Waals surface area contributed by atoms with Crippen LogP contribution in [0.15, 0.2) is 499 Å². The van der Waals surface area contributed by atoms with Crippen LogP contribution in [0.5, 0.6) is 0 Å². The molecule has 0 saturated heterocycles. The van der Waals surface area contributed by atoms with Crippen molar-refractivity contribution in [2.75, 3.05) is 0 Å². The van der Waals surface area contributed by atoms with Crippen molar-refractivity contribution in [1.29, 1.82) is 0 Å². The number of hydrogen-bond acceptors (Lipinski definition) is 8. The lowest BCUT2D eigenvalue weighted by Crippen LogP contribution is -1.94. The van der Waals surface area contributed by atoms with E-state index in [-0.39, 0.29) is 0 Å². The van der Waals surface area contributed by atoms with Crippen LogP contribution in [-0.4, -0.2) is 39.9 Å². The molecule has 132 heavy (non-hydrogen) atoms. The lowest BCUT2D eigenvalue weighted by Gasteiger charge is -2.15. The molecule has 0 amide bonds. The molecule has 0 fully saturated rings. The average molecular weight is 1680 g/mol. The van der Waals surface area contributed by atoms with Crippen LogP contribution in [-0.2, 0) is 0 Å². The second-order valence-corrected chi connectivity index (χ2v) is 33.0. The van der Waals surface area contributed by atoms with Gasteiger partial charge in [0, 0.05) is 100 Å². The van der Waals surface area contributed by atoms with Gasteiger partial charge in [0.1, 0.15) is 0 Å². The van der Waals surface area contributed by atoms with Gasteiger partial charge in [0.2, 0.25) is 0 Å². The average Bonchev–Trinajstić information content (AvgIpc) is 0.770. The Morgan fingerprint density at radius 3 is 0.621 bits per heavy atom. The highest BCUT2D eigenvalue weighted by Crippen LogP contribution is 2.45. The van der Waals surface area contributed by atoms with Gasteiger partial charge in [-0.1, -0.05) is 297 Å². The summed E-state index contributed by atoms with van der Waals surface area (Å²) in [5.74, 6) is 0. The Labute approximate surface area is 765 Å². The highest BCUT2D eigenvalue weighted by atomic mass is 14.7. The Kier molecular flexibility index (Phi) is 22.1. The van der Waals surface area contributed by atoms with Gasteiger partial charge in [-0.05, 0) is 294 Å². The molecular formula is C124H82N8. The third-order valence-electron chi connectivity index (χ3n) is 24.8. The smallest absolute Gasteiger partial charge is 0.0721 e. The molecule has 24 aromatic rings. The monoisotopic (exact) mass is 1680 g/mol. The zero-order chi connectivity index (χ0) is 87.9. The van der Waals surface area contributed by atoms with Crippen LogP contribution in [0.25, 0.3) is 232 Å². The molecule has 24 rings (SSSR count). The van der Waals surface area contributed by atoms with Crippen LogP contribution in [0.1, 0.15) is 0 Å². The number of pyridine rings is 8. The van der Waals surface area contributed by atoms with Crippen molar-refractivity contribution in [3.8, 4) is 168 Å². The number of fused-ring (bicyclic) bond motifs is 6. The Hall–Kier alpha value is -17.7. The van der Waals surface area contributed by atoms with Gasteiger partial charge in [0.25, 0.3) is 0 Å². The van der Waals surface area contributed by atoms with Crippen molar-refractivity contribution in [3.63, 3.8) is 0 Å². The summed E-state index contributed by atoms with van der Waals surface area (Å²) in [5.41, 5.74) is 32.3. The Morgan fingerprint density at radius 1 is 0.121 bits per heavy atom. The normalized spacial score (nSPS) is 11.2. The molecule has 0 unspecified atom stereocenters. The third kappa shape index (κ3) is 16.7. The third-order valence-corrected chi connectivity index (χ3v) is 24.8. The zero-order valence-electron chi connectivity index (χ0n) is 71.9. The van der Waals surface area contributed by atoms with Crippen molar-refractivity contribution in [2.45, 2.75) is 0 Å². The number of nitrogens with zero attached hydrogens (tertiary/aromatic N) is 8. The van der Waals surface area contributed by atoms with E-state index in [1.165, 1.54) is 75.8 Å². The largest absolute Gasteiger partial charge is 0.265 e. The standard InChI is InChI=1S/C42H28N2.2C41H27N3/c1-2-10-29(11-3-1)33-24-34(30-20-22-43-23-21-30)26-35(25-33)36-27-41(39-18-8-14-31-12-4-6-16-37(31)39)44-42(28-36)40-19-9-15-32-13-5-7-17-38(32)40;1-3-13-36-29(8-1)10-5-15-38(36)40-25-35(26-41(44-40)39-16-6-11-30-9-2-4-14-37(30)39)34-23-32(28-17-20-42-21-18-28)22-33(24-34)31-12-7-19-43-27-31;1-3-13-35-29(9-1)11-7-15-37(35)40-26-33(27-41(44-40)38-16-8-12-30-10-2-4-14-36(30)38)32-23-31(28-18-21-42-22-19-28)24-34(25-32)39-17-5-6-20-43-39/h1-28H;2*1-27H. The van der Waals surface area contributed by atoms with Crippen LogP contribution in [0.4, 0.5) is 0 Å². The predicted molar refractivity (Wildman–Crippen MR) is 548 cm³/mol. The van der Waals surface area contributed by atoms with Gasteiger partial charge < -0.3 is 0 Å². The molecule has 8 aromatic heterocycles. The van der Waals surface area contributed by atoms with E-state index in [2.05, 4.69) is 445 Å². The molecule has 0 saturated carbocycles. The van der Waals surface area contributed by atoms with Gasteiger partial charge in [-0.25, -0.2) is 15.0 Å². The summed E-state index contributed by atoms with van der Waals surface area (Å²) in [5, 5.41) is 14.3. The molecule has 0 radical (unpaired) electrons. The number of hydrogen-bond donors (Lipinski definition) is 0. The van der Waals surface area contributed by atoms with E-state index in [4.69, 9.17) is 19.9 Å². The topological polar surface area (TPSA) is 103 Å². The maximum absolute atomic E-state index is 5.35. The van der Waals surface area contributed by atoms with Crippen LogP contribution in [0.3, 0.4) is 0 Å². The Morgan fingerprint density at radius 2 is 0.348 bits per heavy atom. The van der Waals surface area contributed by atoms with Gasteiger partial charge >= 0.3 is 0 Å². The van der Waals surface area contributed by atoms with E-state index < -0.39 is 0 Å². The van der Waals surface area contributed by atoms with Crippen LogP contribution < -0.4 is 0 Å². The van der Waals surface area contributed by atoms with E-state index in [1.54, 1.807) is 0 Å². The number of aromatic nitrogens is 8. The maximum atomic E-state index is 5.35. The first-order valence-electron chi connectivity index (χ1n) is 44.4. The number of benzene rings is 16. The van der Waals surface area contributed by atoms with Crippen LogP contribution >= 0.6 is 0 Å². The summed E-state index contributed by atoms with van der Waals surface area (Å²) >= 11 is 0. The Bertz CT molecular complexity index is 7100. The molecule has 618 valence electrons. The van der Waals surface area contributed by atoms with Gasteiger partial charge in [-0.3, -0.25) is 24.9 Å². The fourth-order valence-electron chi connectivity index (χ4n) is 18.3. The molecule has 0 aliphatic carbocycles. The second-order valence-electron chi connectivity index (χ2n) is 33.0. The van der Waals surface area contributed by atoms with Crippen molar-refractivity contribution >= 4 is 64.6 Å². The molecule has 0 N–H and O–H groups in total.